The minimum Gasteiger partial charge on any atom is -0.383 e. The molecule has 0 spiro atoms. The fourth-order valence-electron chi connectivity index (χ4n) is 1.35. The van der Waals surface area contributed by atoms with E-state index in [2.05, 4.69) is 4.72 Å². The zero-order chi connectivity index (χ0) is 13.8. The van der Waals surface area contributed by atoms with Crippen LogP contribution in [0.25, 0.3) is 0 Å². The lowest BCUT2D eigenvalue weighted by Crippen LogP contribution is -2.38. The second kappa shape index (κ2) is 7.07. The second-order valence-corrected chi connectivity index (χ2v) is 7.75. The lowest BCUT2D eigenvalue weighted by molar-refractivity contribution is 0.173. The van der Waals surface area contributed by atoms with Gasteiger partial charge in [-0.15, -0.1) is 22.9 Å². The molecule has 1 heterocycles. The lowest BCUT2D eigenvalue weighted by atomic mass is 10.3. The van der Waals surface area contributed by atoms with Crippen LogP contribution in [-0.2, 0) is 14.8 Å². The van der Waals surface area contributed by atoms with Gasteiger partial charge in [-0.25, -0.2) is 13.1 Å². The molecule has 0 saturated carbocycles. The highest BCUT2D eigenvalue weighted by atomic mass is 35.5. The van der Waals surface area contributed by atoms with Gasteiger partial charge in [0, 0.05) is 19.0 Å². The van der Waals surface area contributed by atoms with Crippen molar-refractivity contribution in [2.45, 2.75) is 23.6 Å². The third-order valence-corrected chi connectivity index (χ3v) is 6.01. The van der Waals surface area contributed by atoms with Crippen molar-refractivity contribution >= 4 is 44.6 Å². The number of nitrogens with one attached hydrogen (secondary N) is 1. The molecule has 1 aromatic rings. The van der Waals surface area contributed by atoms with Gasteiger partial charge < -0.3 is 4.74 Å². The molecular formula is C10H15Cl2NO3S2. The number of methoxy groups -OCH3 is 1. The molecule has 1 rings (SSSR count). The SMILES string of the molecule is COCC(CCCl)NS(=O)(=O)c1cc(C)c(Cl)s1. The van der Waals surface area contributed by atoms with Crippen molar-refractivity contribution in [3.05, 3.63) is 16.0 Å². The van der Waals surface area contributed by atoms with E-state index in [1.807, 2.05) is 0 Å². The van der Waals surface area contributed by atoms with Crippen LogP contribution in [0.4, 0.5) is 0 Å². The minimum absolute atomic E-state index is 0.209. The third kappa shape index (κ3) is 4.36. The molecule has 18 heavy (non-hydrogen) atoms. The summed E-state index contributed by atoms with van der Waals surface area (Å²) < 4.78 is 32.4. The van der Waals surface area contributed by atoms with Crippen molar-refractivity contribution in [2.75, 3.05) is 19.6 Å². The van der Waals surface area contributed by atoms with Crippen LogP contribution < -0.4 is 4.72 Å². The number of alkyl halides is 1. The van der Waals surface area contributed by atoms with Crippen LogP contribution in [0.15, 0.2) is 10.3 Å². The zero-order valence-corrected chi connectivity index (χ0v) is 13.2. The Bertz CT molecular complexity index is 462. The van der Waals surface area contributed by atoms with Crippen molar-refractivity contribution < 1.29 is 13.2 Å². The summed E-state index contributed by atoms with van der Waals surface area (Å²) in [5.74, 6) is 0.362. The second-order valence-electron chi connectivity index (χ2n) is 3.77. The Balaban J connectivity index is 2.85. The summed E-state index contributed by atoms with van der Waals surface area (Å²) in [6, 6.07) is 1.22. The predicted octanol–water partition coefficient (Wildman–Crippen LogP) is 2.63. The van der Waals surface area contributed by atoms with Crippen LogP contribution in [0.3, 0.4) is 0 Å². The Labute approximate surface area is 121 Å². The molecule has 0 fully saturated rings. The Hall–Kier alpha value is 0.150. The maximum atomic E-state index is 12.1. The molecule has 1 aromatic heterocycles. The van der Waals surface area contributed by atoms with Gasteiger partial charge in [0.15, 0.2) is 0 Å². The van der Waals surface area contributed by atoms with Crippen molar-refractivity contribution in [1.29, 1.82) is 0 Å². The van der Waals surface area contributed by atoms with E-state index in [1.165, 1.54) is 7.11 Å². The number of sulfonamides is 1. The molecule has 8 heteroatoms. The van der Waals surface area contributed by atoms with Crippen LogP contribution in [0.5, 0.6) is 0 Å². The Morgan fingerprint density at radius 1 is 1.56 bits per heavy atom. The third-order valence-electron chi connectivity index (χ3n) is 2.25. The number of hydrogen-bond acceptors (Lipinski definition) is 4. The van der Waals surface area contributed by atoms with E-state index in [4.69, 9.17) is 27.9 Å². The van der Waals surface area contributed by atoms with E-state index in [-0.39, 0.29) is 16.9 Å². The highest BCUT2D eigenvalue weighted by Crippen LogP contribution is 2.30. The molecule has 0 bridgehead atoms. The first-order valence-corrected chi connectivity index (χ1v) is 8.45. The standard InChI is InChI=1S/C10H15Cl2NO3S2/c1-7-5-9(17-10(7)12)18(14,15)13-8(3-4-11)6-16-2/h5,8,13H,3-4,6H2,1-2H3. The van der Waals surface area contributed by atoms with Crippen LogP contribution in [0.2, 0.25) is 4.34 Å². The first-order valence-electron chi connectivity index (χ1n) is 5.24. The van der Waals surface area contributed by atoms with Gasteiger partial charge in [-0.1, -0.05) is 11.6 Å². The van der Waals surface area contributed by atoms with Gasteiger partial charge in [0.2, 0.25) is 10.0 Å². The van der Waals surface area contributed by atoms with Crippen molar-refractivity contribution in [2.24, 2.45) is 0 Å². The molecule has 4 nitrogen and oxygen atoms in total. The highest BCUT2D eigenvalue weighted by molar-refractivity contribution is 7.91. The smallest absolute Gasteiger partial charge is 0.250 e. The van der Waals surface area contributed by atoms with Crippen LogP contribution in [0.1, 0.15) is 12.0 Å². The summed E-state index contributed by atoms with van der Waals surface area (Å²) in [6.45, 7) is 2.05. The van der Waals surface area contributed by atoms with E-state index >= 15 is 0 Å². The van der Waals surface area contributed by atoms with Crippen LogP contribution in [-0.4, -0.2) is 34.1 Å². The highest BCUT2D eigenvalue weighted by Gasteiger charge is 2.22. The number of thiophene rings is 1. The first-order chi connectivity index (χ1) is 8.40. The number of halogens is 2. The van der Waals surface area contributed by atoms with Gasteiger partial charge in [-0.2, -0.15) is 0 Å². The molecule has 0 saturated heterocycles. The van der Waals surface area contributed by atoms with Gasteiger partial charge in [0.1, 0.15) is 4.21 Å². The van der Waals surface area contributed by atoms with E-state index in [1.54, 1.807) is 13.0 Å². The topological polar surface area (TPSA) is 55.4 Å². The molecule has 104 valence electrons. The maximum absolute atomic E-state index is 12.1. The largest absolute Gasteiger partial charge is 0.383 e. The van der Waals surface area contributed by atoms with Gasteiger partial charge in [-0.05, 0) is 25.0 Å². The van der Waals surface area contributed by atoms with Gasteiger partial charge in [0.25, 0.3) is 0 Å². The minimum atomic E-state index is -3.56. The fourth-order valence-corrected chi connectivity index (χ4v) is 4.59. The number of ether oxygens (including phenoxy) is 1. The monoisotopic (exact) mass is 331 g/mol. The molecular weight excluding hydrogens is 317 g/mol. The van der Waals surface area contributed by atoms with E-state index in [9.17, 15) is 8.42 Å². The lowest BCUT2D eigenvalue weighted by Gasteiger charge is -2.15. The Morgan fingerprint density at radius 3 is 2.67 bits per heavy atom. The zero-order valence-electron chi connectivity index (χ0n) is 10.1. The summed E-state index contributed by atoms with van der Waals surface area (Å²) in [7, 11) is -2.04. The summed E-state index contributed by atoms with van der Waals surface area (Å²) in [4.78, 5) is 0. The Morgan fingerprint density at radius 2 is 2.22 bits per heavy atom. The van der Waals surface area contributed by atoms with Crippen molar-refractivity contribution in [3.63, 3.8) is 0 Å². The molecule has 0 aliphatic heterocycles. The Kier molecular flexibility index (Phi) is 6.37. The summed E-state index contributed by atoms with van der Waals surface area (Å²) in [6.07, 6.45) is 0.507. The molecule has 1 N–H and O–H groups in total. The molecule has 1 atom stereocenters. The number of hydrogen-bond donors (Lipinski definition) is 1. The van der Waals surface area contributed by atoms with Crippen molar-refractivity contribution in [1.82, 2.24) is 4.72 Å². The summed E-state index contributed by atoms with van der Waals surface area (Å²) in [5, 5.41) is 0. The van der Waals surface area contributed by atoms with Gasteiger partial charge in [0.05, 0.1) is 10.9 Å². The molecule has 1 unspecified atom stereocenters. The maximum Gasteiger partial charge on any atom is 0.250 e. The van der Waals surface area contributed by atoms with Crippen LogP contribution in [0, 0.1) is 6.92 Å². The molecule has 0 aromatic carbocycles. The normalized spacial score (nSPS) is 13.8. The number of aryl methyl sites for hydroxylation is 1. The average Bonchev–Trinajstić information content (AvgIpc) is 2.60. The summed E-state index contributed by atoms with van der Waals surface area (Å²) >= 11 is 12.5. The summed E-state index contributed by atoms with van der Waals surface area (Å²) in [5.41, 5.74) is 0.752. The van der Waals surface area contributed by atoms with E-state index in [0.717, 1.165) is 16.9 Å². The van der Waals surface area contributed by atoms with E-state index in [0.29, 0.717) is 16.6 Å². The average molecular weight is 332 g/mol. The fraction of sp³-hybridized carbons (Fsp3) is 0.600. The van der Waals surface area contributed by atoms with Crippen molar-refractivity contribution in [3.8, 4) is 0 Å². The quantitative estimate of drug-likeness (QED) is 0.781. The molecule has 0 amide bonds. The predicted molar refractivity (Wildman–Crippen MR) is 75.4 cm³/mol. The van der Waals surface area contributed by atoms with Gasteiger partial charge in [-0.3, -0.25) is 0 Å². The molecule has 0 radical (unpaired) electrons. The van der Waals surface area contributed by atoms with Crippen LogP contribution >= 0.6 is 34.5 Å². The number of rotatable bonds is 7. The van der Waals surface area contributed by atoms with Gasteiger partial charge >= 0.3 is 0 Å². The van der Waals surface area contributed by atoms with E-state index < -0.39 is 10.0 Å². The molecule has 0 aliphatic carbocycles. The first kappa shape index (κ1) is 16.2. The molecule has 0 aliphatic rings.